The van der Waals surface area contributed by atoms with Crippen molar-refractivity contribution < 1.29 is 18.7 Å². The van der Waals surface area contributed by atoms with Crippen LogP contribution in [0.2, 0.25) is 0 Å². The van der Waals surface area contributed by atoms with Crippen LogP contribution < -0.4 is 20.1 Å². The number of amides is 2. The zero-order valence-electron chi connectivity index (χ0n) is 13.2. The van der Waals surface area contributed by atoms with Gasteiger partial charge in [-0.15, -0.1) is 0 Å². The van der Waals surface area contributed by atoms with E-state index in [-0.39, 0.29) is 18.6 Å². The Balaban J connectivity index is 1.35. The lowest BCUT2D eigenvalue weighted by Gasteiger charge is -2.08. The summed E-state index contributed by atoms with van der Waals surface area (Å²) < 4.78 is 23.6. The van der Waals surface area contributed by atoms with Gasteiger partial charge in [0.25, 0.3) is 0 Å². The second kappa shape index (κ2) is 7.68. The molecule has 5 nitrogen and oxygen atoms in total. The first-order valence-corrected chi connectivity index (χ1v) is 7.85. The van der Waals surface area contributed by atoms with Crippen LogP contribution in [0.1, 0.15) is 17.5 Å². The van der Waals surface area contributed by atoms with Crippen LogP contribution in [0.25, 0.3) is 0 Å². The standard InChI is InChI=1S/C18H19FN2O3/c19-15-5-1-3-13(9-15)4-2-8-20-18(22)21-11-14-6-7-16-17(10-14)24-12-23-16/h1,3,5-7,9-10H,2,4,8,11-12H2,(H2,20,21,22). The van der Waals surface area contributed by atoms with Gasteiger partial charge in [0.05, 0.1) is 0 Å². The number of hydrogen-bond acceptors (Lipinski definition) is 3. The summed E-state index contributed by atoms with van der Waals surface area (Å²) in [5.74, 6) is 1.19. The minimum Gasteiger partial charge on any atom is -0.454 e. The quantitative estimate of drug-likeness (QED) is 0.801. The van der Waals surface area contributed by atoms with Crippen molar-refractivity contribution in [2.45, 2.75) is 19.4 Å². The predicted octanol–water partition coefficient (Wildman–Crippen LogP) is 2.99. The largest absolute Gasteiger partial charge is 0.454 e. The van der Waals surface area contributed by atoms with Crippen LogP contribution in [0.4, 0.5) is 9.18 Å². The van der Waals surface area contributed by atoms with Gasteiger partial charge in [0.1, 0.15) is 5.82 Å². The summed E-state index contributed by atoms with van der Waals surface area (Å²) in [5, 5.41) is 5.58. The molecule has 1 heterocycles. The second-order valence-electron chi connectivity index (χ2n) is 5.53. The number of urea groups is 1. The zero-order chi connectivity index (χ0) is 16.8. The van der Waals surface area contributed by atoms with Gasteiger partial charge in [0.2, 0.25) is 6.79 Å². The molecule has 24 heavy (non-hydrogen) atoms. The molecule has 2 amide bonds. The van der Waals surface area contributed by atoms with Crippen molar-refractivity contribution in [2.24, 2.45) is 0 Å². The Morgan fingerprint density at radius 3 is 2.79 bits per heavy atom. The van der Waals surface area contributed by atoms with Crippen LogP contribution in [0.3, 0.4) is 0 Å². The van der Waals surface area contributed by atoms with Crippen molar-refractivity contribution in [2.75, 3.05) is 13.3 Å². The number of aryl methyl sites for hydroxylation is 1. The molecule has 2 aromatic rings. The van der Waals surface area contributed by atoms with E-state index >= 15 is 0 Å². The number of rotatable bonds is 6. The van der Waals surface area contributed by atoms with E-state index in [0.29, 0.717) is 18.8 Å². The number of halogens is 1. The monoisotopic (exact) mass is 330 g/mol. The van der Waals surface area contributed by atoms with Crippen LogP contribution in [-0.2, 0) is 13.0 Å². The molecule has 0 unspecified atom stereocenters. The van der Waals surface area contributed by atoms with E-state index in [1.54, 1.807) is 6.07 Å². The van der Waals surface area contributed by atoms with Crippen molar-refractivity contribution in [1.29, 1.82) is 0 Å². The molecule has 2 aromatic carbocycles. The van der Waals surface area contributed by atoms with E-state index in [1.807, 2.05) is 24.3 Å². The highest BCUT2D eigenvalue weighted by molar-refractivity contribution is 5.73. The summed E-state index contributed by atoms with van der Waals surface area (Å²) in [6.45, 7) is 1.17. The van der Waals surface area contributed by atoms with Gasteiger partial charge in [0.15, 0.2) is 11.5 Å². The number of benzene rings is 2. The Morgan fingerprint density at radius 1 is 1.04 bits per heavy atom. The average molecular weight is 330 g/mol. The first-order valence-electron chi connectivity index (χ1n) is 7.85. The summed E-state index contributed by atoms with van der Waals surface area (Å²) in [7, 11) is 0. The van der Waals surface area contributed by atoms with E-state index in [4.69, 9.17) is 9.47 Å². The summed E-state index contributed by atoms with van der Waals surface area (Å²) >= 11 is 0. The second-order valence-corrected chi connectivity index (χ2v) is 5.53. The van der Waals surface area contributed by atoms with Crippen molar-refractivity contribution in [3.63, 3.8) is 0 Å². The maximum absolute atomic E-state index is 13.1. The number of fused-ring (bicyclic) bond motifs is 1. The molecule has 3 rings (SSSR count). The SMILES string of the molecule is O=C(NCCCc1cccc(F)c1)NCc1ccc2c(c1)OCO2. The van der Waals surface area contributed by atoms with Crippen LogP contribution in [0.5, 0.6) is 11.5 Å². The van der Waals surface area contributed by atoms with Gasteiger partial charge in [-0.05, 0) is 48.2 Å². The first-order chi connectivity index (χ1) is 11.7. The number of carbonyl (C=O) groups excluding carboxylic acids is 1. The Morgan fingerprint density at radius 2 is 1.92 bits per heavy atom. The van der Waals surface area contributed by atoms with E-state index in [2.05, 4.69) is 10.6 Å². The van der Waals surface area contributed by atoms with Crippen molar-refractivity contribution in [1.82, 2.24) is 10.6 Å². The molecular formula is C18H19FN2O3. The van der Waals surface area contributed by atoms with Crippen LogP contribution in [0.15, 0.2) is 42.5 Å². The number of hydrogen-bond donors (Lipinski definition) is 2. The minimum absolute atomic E-state index is 0.230. The third-order valence-corrected chi connectivity index (χ3v) is 3.71. The van der Waals surface area contributed by atoms with Crippen LogP contribution in [0, 0.1) is 5.82 Å². The molecule has 0 spiro atoms. The fraction of sp³-hybridized carbons (Fsp3) is 0.278. The Bertz CT molecular complexity index is 721. The normalized spacial score (nSPS) is 12.0. The molecule has 2 N–H and O–H groups in total. The predicted molar refractivity (Wildman–Crippen MR) is 87.5 cm³/mol. The van der Waals surface area contributed by atoms with Crippen molar-refractivity contribution in [3.05, 3.63) is 59.4 Å². The van der Waals surface area contributed by atoms with E-state index in [0.717, 1.165) is 29.7 Å². The molecule has 0 fully saturated rings. The third-order valence-electron chi connectivity index (χ3n) is 3.71. The van der Waals surface area contributed by atoms with Gasteiger partial charge in [-0.25, -0.2) is 9.18 Å². The van der Waals surface area contributed by atoms with Crippen molar-refractivity contribution >= 4 is 6.03 Å². The number of carbonyl (C=O) groups is 1. The minimum atomic E-state index is -0.234. The van der Waals surface area contributed by atoms with E-state index in [1.165, 1.54) is 12.1 Å². The van der Waals surface area contributed by atoms with Crippen LogP contribution >= 0.6 is 0 Å². The van der Waals surface area contributed by atoms with E-state index in [9.17, 15) is 9.18 Å². The smallest absolute Gasteiger partial charge is 0.315 e. The van der Waals surface area contributed by atoms with Crippen LogP contribution in [-0.4, -0.2) is 19.4 Å². The van der Waals surface area contributed by atoms with Gasteiger partial charge < -0.3 is 20.1 Å². The molecule has 0 saturated carbocycles. The van der Waals surface area contributed by atoms with Gasteiger partial charge >= 0.3 is 6.03 Å². The van der Waals surface area contributed by atoms with Gasteiger partial charge in [0, 0.05) is 13.1 Å². The molecule has 0 atom stereocenters. The lowest BCUT2D eigenvalue weighted by Crippen LogP contribution is -2.35. The number of nitrogens with one attached hydrogen (secondary N) is 2. The highest BCUT2D eigenvalue weighted by Crippen LogP contribution is 2.32. The van der Waals surface area contributed by atoms with Crippen molar-refractivity contribution in [3.8, 4) is 11.5 Å². The highest BCUT2D eigenvalue weighted by atomic mass is 19.1. The average Bonchev–Trinajstić information content (AvgIpc) is 3.05. The maximum Gasteiger partial charge on any atom is 0.315 e. The molecule has 1 aliphatic rings. The molecule has 0 aliphatic carbocycles. The maximum atomic E-state index is 13.1. The van der Waals surface area contributed by atoms with Gasteiger partial charge in [-0.2, -0.15) is 0 Å². The Labute approximate surface area is 139 Å². The molecule has 1 aliphatic heterocycles. The van der Waals surface area contributed by atoms with Gasteiger partial charge in [-0.1, -0.05) is 18.2 Å². The molecule has 0 radical (unpaired) electrons. The first kappa shape index (κ1) is 16.1. The molecule has 126 valence electrons. The highest BCUT2D eigenvalue weighted by Gasteiger charge is 2.13. The fourth-order valence-corrected chi connectivity index (χ4v) is 2.48. The molecule has 0 aromatic heterocycles. The zero-order valence-corrected chi connectivity index (χ0v) is 13.2. The van der Waals surface area contributed by atoms with E-state index < -0.39 is 0 Å². The summed E-state index contributed by atoms with van der Waals surface area (Å²) in [5.41, 5.74) is 1.87. The van der Waals surface area contributed by atoms with Gasteiger partial charge in [-0.3, -0.25) is 0 Å². The summed E-state index contributed by atoms with van der Waals surface area (Å²) in [6, 6.07) is 11.8. The summed E-state index contributed by atoms with van der Waals surface area (Å²) in [4.78, 5) is 11.8. The summed E-state index contributed by atoms with van der Waals surface area (Å²) in [6.07, 6.45) is 1.47. The lowest BCUT2D eigenvalue weighted by molar-refractivity contribution is 0.174. The fourth-order valence-electron chi connectivity index (χ4n) is 2.48. The lowest BCUT2D eigenvalue weighted by atomic mass is 10.1. The topological polar surface area (TPSA) is 59.6 Å². The Kier molecular flexibility index (Phi) is 5.15. The molecule has 0 bridgehead atoms. The molecular weight excluding hydrogens is 311 g/mol. The third kappa shape index (κ3) is 4.38. The number of ether oxygens (including phenoxy) is 2. The molecule has 6 heteroatoms. The molecule has 0 saturated heterocycles. The Hall–Kier alpha value is -2.76.